The summed E-state index contributed by atoms with van der Waals surface area (Å²) in [5.41, 5.74) is 0. The predicted octanol–water partition coefficient (Wildman–Crippen LogP) is -3.83. The van der Waals surface area contributed by atoms with Crippen LogP contribution in [0.3, 0.4) is 0 Å². The lowest BCUT2D eigenvalue weighted by atomic mass is 10.1. The molecule has 2 heterocycles. The van der Waals surface area contributed by atoms with E-state index in [1.54, 1.807) is 0 Å². The third-order valence-corrected chi connectivity index (χ3v) is 2.72. The van der Waals surface area contributed by atoms with Gasteiger partial charge in [-0.05, 0) is 0 Å². The number of nitrogens with zero attached hydrogens (tertiary/aromatic N) is 1. The number of carbonyl (C=O) groups is 2. The van der Waals surface area contributed by atoms with Crippen molar-refractivity contribution in [2.45, 2.75) is 24.5 Å². The van der Waals surface area contributed by atoms with Crippen molar-refractivity contribution in [2.24, 2.45) is 0 Å². The van der Waals surface area contributed by atoms with E-state index >= 15 is 0 Å². The first-order valence-corrected chi connectivity index (χ1v) is 5.10. The van der Waals surface area contributed by atoms with Crippen LogP contribution >= 0.6 is 0 Å². The Kier molecular flexibility index (Phi) is 3.20. The molecule has 0 saturated carbocycles. The summed E-state index contributed by atoms with van der Waals surface area (Å²) in [6.45, 7) is -0.610. The van der Waals surface area contributed by atoms with Crippen molar-refractivity contribution in [1.82, 2.24) is 5.32 Å². The maximum Gasteiger partial charge on any atom is 0.314 e. The van der Waals surface area contributed by atoms with Gasteiger partial charge in [0.2, 0.25) is 12.8 Å². The van der Waals surface area contributed by atoms with Gasteiger partial charge in [0.25, 0.3) is 12.1 Å². The third kappa shape index (κ3) is 2.20. The molecule has 0 unspecified atom stereocenters. The second kappa shape index (κ2) is 4.49. The van der Waals surface area contributed by atoms with E-state index in [9.17, 15) is 19.8 Å². The molecule has 0 spiro atoms. The number of rotatable bonds is 2. The van der Waals surface area contributed by atoms with Gasteiger partial charge < -0.3 is 20.1 Å². The lowest BCUT2D eigenvalue weighted by Gasteiger charge is -2.15. The first-order chi connectivity index (χ1) is 8.02. The predicted molar refractivity (Wildman–Crippen MR) is 52.1 cm³/mol. The molecule has 94 valence electrons. The number of imide groups is 1. The van der Waals surface area contributed by atoms with E-state index in [2.05, 4.69) is 5.32 Å². The molecule has 8 nitrogen and oxygen atoms in total. The van der Waals surface area contributed by atoms with Gasteiger partial charge in [0.05, 0.1) is 6.61 Å². The minimum Gasteiger partial charge on any atom is -0.394 e. The molecule has 0 bridgehead atoms. The largest absolute Gasteiger partial charge is 0.394 e. The number of aliphatic hydroxyl groups excluding tert-OH is 3. The zero-order valence-corrected chi connectivity index (χ0v) is 8.81. The van der Waals surface area contributed by atoms with Crippen LogP contribution in [0.5, 0.6) is 0 Å². The van der Waals surface area contributed by atoms with Gasteiger partial charge in [0.1, 0.15) is 12.2 Å². The monoisotopic (exact) mass is 245 g/mol. The Morgan fingerprint density at radius 2 is 2.12 bits per heavy atom. The lowest BCUT2D eigenvalue weighted by molar-refractivity contribution is -0.605. The molecule has 1 saturated heterocycles. The molecule has 2 amide bonds. The van der Waals surface area contributed by atoms with E-state index in [0.717, 1.165) is 6.21 Å². The molecule has 2 rings (SSSR count). The minimum absolute atomic E-state index is 0.154. The lowest BCUT2D eigenvalue weighted by Crippen LogP contribution is -2.50. The van der Waals surface area contributed by atoms with Gasteiger partial charge in [-0.25, -0.2) is 0 Å². The average Bonchev–Trinajstić information content (AvgIpc) is 2.54. The third-order valence-electron chi connectivity index (χ3n) is 2.72. The Balaban J connectivity index is 2.18. The summed E-state index contributed by atoms with van der Waals surface area (Å²) in [5, 5.41) is 30.2. The van der Waals surface area contributed by atoms with Gasteiger partial charge in [-0.15, -0.1) is 0 Å². The maximum absolute atomic E-state index is 11.1. The summed E-state index contributed by atoms with van der Waals surface area (Å²) >= 11 is 0. The van der Waals surface area contributed by atoms with Gasteiger partial charge in [-0.1, -0.05) is 0 Å². The highest BCUT2D eigenvalue weighted by Gasteiger charge is 2.49. The fourth-order valence-corrected chi connectivity index (χ4v) is 1.89. The van der Waals surface area contributed by atoms with Crippen LogP contribution in [-0.2, 0) is 14.3 Å². The van der Waals surface area contributed by atoms with Gasteiger partial charge in [-0.3, -0.25) is 14.9 Å². The maximum atomic E-state index is 11.1. The molecule has 0 aromatic carbocycles. The summed E-state index contributed by atoms with van der Waals surface area (Å²) in [6.07, 6.45) is -3.40. The second-order valence-corrected chi connectivity index (χ2v) is 3.94. The SMILES string of the molecule is O=C1C=[N+]([C@@H]2O[C@H](CO)[C@@H](O)[C@H]2O)CC(=O)N1. The van der Waals surface area contributed by atoms with Gasteiger partial charge in [0, 0.05) is 0 Å². The fraction of sp³-hybridized carbons (Fsp3) is 0.667. The van der Waals surface area contributed by atoms with E-state index in [1.165, 1.54) is 4.58 Å². The molecule has 1 fully saturated rings. The van der Waals surface area contributed by atoms with Crippen molar-refractivity contribution in [3.8, 4) is 0 Å². The van der Waals surface area contributed by atoms with E-state index in [4.69, 9.17) is 9.84 Å². The molecule has 0 radical (unpaired) electrons. The topological polar surface area (TPSA) is 119 Å². The number of aliphatic hydroxyl groups is 3. The zero-order chi connectivity index (χ0) is 12.6. The van der Waals surface area contributed by atoms with Crippen LogP contribution in [0.15, 0.2) is 0 Å². The molecule has 4 atom stereocenters. The van der Waals surface area contributed by atoms with Crippen molar-refractivity contribution in [3.63, 3.8) is 0 Å². The van der Waals surface area contributed by atoms with E-state index < -0.39 is 43.0 Å². The van der Waals surface area contributed by atoms with Crippen LogP contribution in [0.25, 0.3) is 0 Å². The molecule has 8 heteroatoms. The van der Waals surface area contributed by atoms with Crippen molar-refractivity contribution in [3.05, 3.63) is 0 Å². The highest BCUT2D eigenvalue weighted by molar-refractivity contribution is 6.29. The van der Waals surface area contributed by atoms with Crippen LogP contribution in [0.4, 0.5) is 0 Å². The average molecular weight is 245 g/mol. The second-order valence-electron chi connectivity index (χ2n) is 3.94. The molecule has 2 aliphatic heterocycles. The molecular weight excluding hydrogens is 232 g/mol. The van der Waals surface area contributed by atoms with E-state index in [1.807, 2.05) is 0 Å². The van der Waals surface area contributed by atoms with E-state index in [-0.39, 0.29) is 6.54 Å². The highest BCUT2D eigenvalue weighted by Crippen LogP contribution is 2.21. The summed E-state index contributed by atoms with van der Waals surface area (Å²) < 4.78 is 6.38. The Morgan fingerprint density at radius 1 is 1.41 bits per heavy atom. The Bertz CT molecular complexity index is 382. The Morgan fingerprint density at radius 3 is 2.65 bits per heavy atom. The molecule has 17 heavy (non-hydrogen) atoms. The summed E-state index contributed by atoms with van der Waals surface area (Å²) in [7, 11) is 0. The van der Waals surface area contributed by atoms with Crippen LogP contribution in [0.1, 0.15) is 0 Å². The normalized spacial score (nSPS) is 37.9. The molecule has 0 aromatic heterocycles. The minimum atomic E-state index is -1.29. The van der Waals surface area contributed by atoms with Gasteiger partial charge >= 0.3 is 5.91 Å². The standard InChI is InChI=1S/C9H12N2O6/c12-3-4-7(15)8(16)9(17-4)11-1-5(13)10-6(14)2-11/h1,4,7-9,12,15-16H,2-3H2/p+1/t4-,7-,8-,9-/m1/s1. The van der Waals surface area contributed by atoms with E-state index in [0.29, 0.717) is 0 Å². The smallest absolute Gasteiger partial charge is 0.314 e. The van der Waals surface area contributed by atoms with Crippen molar-refractivity contribution < 1.29 is 34.2 Å². The molecular formula is C9H13N2O6+. The van der Waals surface area contributed by atoms with Crippen molar-refractivity contribution >= 4 is 18.0 Å². The van der Waals surface area contributed by atoms with Gasteiger partial charge in [0.15, 0.2) is 6.10 Å². The first-order valence-electron chi connectivity index (χ1n) is 5.10. The number of ether oxygens (including phenoxy) is 1. The number of amides is 2. The first kappa shape index (κ1) is 12.1. The van der Waals surface area contributed by atoms with Crippen LogP contribution in [0.2, 0.25) is 0 Å². The molecule has 0 aromatic rings. The van der Waals surface area contributed by atoms with Crippen molar-refractivity contribution in [2.75, 3.05) is 13.2 Å². The van der Waals surface area contributed by atoms with Gasteiger partial charge in [-0.2, -0.15) is 4.58 Å². The number of hydrogen-bond donors (Lipinski definition) is 4. The molecule has 4 N–H and O–H groups in total. The molecule has 0 aliphatic carbocycles. The molecule has 2 aliphatic rings. The zero-order valence-electron chi connectivity index (χ0n) is 8.81. The summed E-state index contributed by atoms with van der Waals surface area (Å²) in [5.74, 6) is -1.13. The summed E-state index contributed by atoms with van der Waals surface area (Å²) in [4.78, 5) is 22.2. The number of nitrogens with one attached hydrogen (secondary N) is 1. The fourth-order valence-electron chi connectivity index (χ4n) is 1.89. The Hall–Kier alpha value is -1.35. The van der Waals surface area contributed by atoms with Crippen LogP contribution in [-0.4, -0.2) is 75.6 Å². The van der Waals surface area contributed by atoms with Crippen molar-refractivity contribution in [1.29, 1.82) is 0 Å². The Labute approximate surface area is 96.1 Å². The summed E-state index contributed by atoms with van der Waals surface area (Å²) in [6, 6.07) is 0. The quantitative estimate of drug-likeness (QED) is 0.292. The number of carbonyl (C=O) groups excluding carboxylic acids is 2. The van der Waals surface area contributed by atoms with Crippen LogP contribution in [0, 0.1) is 0 Å². The highest BCUT2D eigenvalue weighted by atomic mass is 16.6. The number of hydrogen-bond acceptors (Lipinski definition) is 6. The van der Waals surface area contributed by atoms with Crippen LogP contribution < -0.4 is 5.32 Å².